The summed E-state index contributed by atoms with van der Waals surface area (Å²) in [5.74, 6) is -0.0165. The first kappa shape index (κ1) is 13.2. The van der Waals surface area contributed by atoms with Gasteiger partial charge in [0.15, 0.2) is 5.78 Å². The maximum atomic E-state index is 12.0. The van der Waals surface area contributed by atoms with E-state index in [0.717, 1.165) is 12.0 Å². The van der Waals surface area contributed by atoms with Crippen LogP contribution in [0, 0.1) is 11.3 Å². The second kappa shape index (κ2) is 4.48. The van der Waals surface area contributed by atoms with Crippen molar-refractivity contribution in [2.24, 2.45) is 11.3 Å². The van der Waals surface area contributed by atoms with Crippen molar-refractivity contribution in [3.05, 3.63) is 35.5 Å². The Balaban J connectivity index is 2.46. The molecule has 3 heteroatoms. The predicted molar refractivity (Wildman–Crippen MR) is 69.9 cm³/mol. The summed E-state index contributed by atoms with van der Waals surface area (Å²) >= 11 is 0. The number of fused-ring (bicyclic) bond motifs is 1. The van der Waals surface area contributed by atoms with Crippen LogP contribution in [-0.2, 0) is 4.79 Å². The van der Waals surface area contributed by atoms with Gasteiger partial charge in [0.05, 0.1) is 12.7 Å². The molecule has 18 heavy (non-hydrogen) atoms. The van der Waals surface area contributed by atoms with Gasteiger partial charge in [-0.1, -0.05) is 32.1 Å². The Morgan fingerprint density at radius 1 is 1.61 bits per heavy atom. The first-order valence-corrected chi connectivity index (χ1v) is 6.35. The van der Waals surface area contributed by atoms with E-state index < -0.39 is 0 Å². The minimum Gasteiger partial charge on any atom is -0.393 e. The van der Waals surface area contributed by atoms with Crippen LogP contribution in [0.3, 0.4) is 0 Å². The first-order valence-electron chi connectivity index (χ1n) is 6.35. The summed E-state index contributed by atoms with van der Waals surface area (Å²) in [5, 5.41) is 19.2. The Labute approximate surface area is 108 Å². The highest BCUT2D eigenvalue weighted by atomic mass is 16.3. The summed E-state index contributed by atoms with van der Waals surface area (Å²) in [6.45, 7) is 7.56. The molecule has 3 atom stereocenters. The smallest absolute Gasteiger partial charge is 0.185 e. The minimum atomic E-state index is -0.347. The van der Waals surface area contributed by atoms with Gasteiger partial charge in [0.2, 0.25) is 0 Å². The van der Waals surface area contributed by atoms with Crippen LogP contribution in [0.25, 0.3) is 0 Å². The quantitative estimate of drug-likeness (QED) is 0.783. The van der Waals surface area contributed by atoms with Gasteiger partial charge in [-0.05, 0) is 30.4 Å². The molecule has 2 aliphatic carbocycles. The van der Waals surface area contributed by atoms with Crippen LogP contribution in [0.1, 0.15) is 26.7 Å². The summed E-state index contributed by atoms with van der Waals surface area (Å²) in [4.78, 5) is 12.0. The van der Waals surface area contributed by atoms with E-state index in [1.54, 1.807) is 6.08 Å². The van der Waals surface area contributed by atoms with E-state index >= 15 is 0 Å². The summed E-state index contributed by atoms with van der Waals surface area (Å²) in [6.07, 6.45) is 4.66. The van der Waals surface area contributed by atoms with E-state index in [2.05, 4.69) is 6.58 Å². The zero-order chi connectivity index (χ0) is 13.5. The lowest BCUT2D eigenvalue weighted by molar-refractivity contribution is -0.111. The number of allylic oxidation sites excluding steroid dienone is 3. The maximum absolute atomic E-state index is 12.0. The fraction of sp³-hybridized carbons (Fsp3) is 0.533. The van der Waals surface area contributed by atoms with Gasteiger partial charge in [0.1, 0.15) is 0 Å². The third kappa shape index (κ3) is 1.88. The fourth-order valence-corrected chi connectivity index (χ4v) is 2.94. The maximum Gasteiger partial charge on any atom is 0.185 e. The molecular formula is C15H20O3. The Bertz CT molecular complexity index is 458. The number of rotatable bonds is 2. The lowest BCUT2D eigenvalue weighted by atomic mass is 9.61. The average Bonchev–Trinajstić information content (AvgIpc) is 2.35. The number of hydrogen-bond donors (Lipinski definition) is 2. The second-order valence-electron chi connectivity index (χ2n) is 5.53. The van der Waals surface area contributed by atoms with Gasteiger partial charge in [0.25, 0.3) is 0 Å². The first-order chi connectivity index (χ1) is 8.40. The molecule has 0 heterocycles. The van der Waals surface area contributed by atoms with Crippen molar-refractivity contribution in [3.8, 4) is 0 Å². The van der Waals surface area contributed by atoms with Gasteiger partial charge in [-0.25, -0.2) is 0 Å². The van der Waals surface area contributed by atoms with Gasteiger partial charge < -0.3 is 10.2 Å². The Hall–Kier alpha value is -1.19. The van der Waals surface area contributed by atoms with Gasteiger partial charge in [-0.15, -0.1) is 0 Å². The normalized spacial score (nSPS) is 35.7. The van der Waals surface area contributed by atoms with Gasteiger partial charge in [-0.2, -0.15) is 0 Å². The number of carbonyl (C=O) groups is 1. The molecule has 0 aliphatic heterocycles. The molecule has 0 radical (unpaired) electrons. The van der Waals surface area contributed by atoms with Crippen LogP contribution >= 0.6 is 0 Å². The largest absolute Gasteiger partial charge is 0.393 e. The van der Waals surface area contributed by atoms with Crippen molar-refractivity contribution >= 4 is 5.78 Å². The molecule has 2 aliphatic rings. The van der Waals surface area contributed by atoms with Crippen LogP contribution < -0.4 is 0 Å². The van der Waals surface area contributed by atoms with Crippen LogP contribution in [0.15, 0.2) is 35.5 Å². The van der Waals surface area contributed by atoms with Crippen molar-refractivity contribution in [3.63, 3.8) is 0 Å². The molecule has 3 nitrogen and oxygen atoms in total. The lowest BCUT2D eigenvalue weighted by Crippen LogP contribution is -2.41. The Morgan fingerprint density at radius 2 is 2.28 bits per heavy atom. The average molecular weight is 248 g/mol. The molecule has 1 saturated carbocycles. The summed E-state index contributed by atoms with van der Waals surface area (Å²) in [6, 6.07) is 0. The van der Waals surface area contributed by atoms with Crippen molar-refractivity contribution in [1.29, 1.82) is 0 Å². The second-order valence-corrected chi connectivity index (χ2v) is 5.53. The molecule has 0 aromatic carbocycles. The molecule has 2 rings (SSSR count). The van der Waals surface area contributed by atoms with Crippen molar-refractivity contribution < 1.29 is 15.0 Å². The lowest BCUT2D eigenvalue weighted by Gasteiger charge is -2.44. The molecular weight excluding hydrogens is 228 g/mol. The molecule has 0 saturated heterocycles. The molecule has 1 fully saturated rings. The summed E-state index contributed by atoms with van der Waals surface area (Å²) in [5.41, 5.74) is 1.72. The monoisotopic (exact) mass is 248 g/mol. The van der Waals surface area contributed by atoms with E-state index in [1.807, 2.05) is 19.9 Å². The topological polar surface area (TPSA) is 57.5 Å². The predicted octanol–water partition coefficient (Wildman–Crippen LogP) is 1.77. The fourth-order valence-electron chi connectivity index (χ4n) is 2.94. The highest BCUT2D eigenvalue weighted by Crippen LogP contribution is 2.49. The zero-order valence-electron chi connectivity index (χ0n) is 10.9. The van der Waals surface area contributed by atoms with Crippen molar-refractivity contribution in [2.45, 2.75) is 32.8 Å². The van der Waals surface area contributed by atoms with E-state index in [1.165, 1.54) is 0 Å². The molecule has 3 unspecified atom stereocenters. The number of hydrogen-bond acceptors (Lipinski definition) is 3. The third-order valence-corrected chi connectivity index (χ3v) is 4.51. The highest BCUT2D eigenvalue weighted by molar-refractivity contribution is 6.09. The zero-order valence-corrected chi connectivity index (χ0v) is 10.9. The van der Waals surface area contributed by atoms with Crippen LogP contribution in [0.2, 0.25) is 0 Å². The van der Waals surface area contributed by atoms with Gasteiger partial charge >= 0.3 is 0 Å². The molecule has 0 aromatic rings. The third-order valence-electron chi connectivity index (χ3n) is 4.51. The number of aliphatic hydroxyl groups is 2. The SMILES string of the molecule is C=C(CO)C1=CC2(C)C(=CC1=O)CCC(O)C2C. The molecule has 0 bridgehead atoms. The van der Waals surface area contributed by atoms with Gasteiger partial charge in [-0.3, -0.25) is 4.79 Å². The van der Waals surface area contributed by atoms with Crippen molar-refractivity contribution in [2.75, 3.05) is 6.61 Å². The van der Waals surface area contributed by atoms with Crippen LogP contribution in [0.5, 0.6) is 0 Å². The van der Waals surface area contributed by atoms with E-state index in [-0.39, 0.29) is 29.8 Å². The molecule has 0 amide bonds. The summed E-state index contributed by atoms with van der Waals surface area (Å²) in [7, 11) is 0. The highest BCUT2D eigenvalue weighted by Gasteiger charge is 2.43. The number of aliphatic hydroxyl groups excluding tert-OH is 2. The Kier molecular flexibility index (Phi) is 3.30. The molecule has 2 N–H and O–H groups in total. The van der Waals surface area contributed by atoms with E-state index in [9.17, 15) is 9.90 Å². The van der Waals surface area contributed by atoms with E-state index in [0.29, 0.717) is 17.6 Å². The van der Waals surface area contributed by atoms with Crippen LogP contribution in [-0.4, -0.2) is 28.7 Å². The molecule has 0 spiro atoms. The number of carbonyl (C=O) groups excluding carboxylic acids is 1. The van der Waals surface area contributed by atoms with Crippen LogP contribution in [0.4, 0.5) is 0 Å². The molecule has 0 aromatic heterocycles. The van der Waals surface area contributed by atoms with Gasteiger partial charge in [0, 0.05) is 11.0 Å². The minimum absolute atomic E-state index is 0.0621. The van der Waals surface area contributed by atoms with Crippen molar-refractivity contribution in [1.82, 2.24) is 0 Å². The number of ketones is 1. The Morgan fingerprint density at radius 3 is 2.89 bits per heavy atom. The van der Waals surface area contributed by atoms with E-state index in [4.69, 9.17) is 5.11 Å². The molecule has 98 valence electrons. The standard InChI is InChI=1S/C15H20O3/c1-9(8-16)12-7-15(3)10(2)13(17)5-4-11(15)6-14(12)18/h6-7,10,13,16-17H,1,4-5,8H2,2-3H3. The summed E-state index contributed by atoms with van der Waals surface area (Å²) < 4.78 is 0.